The second-order valence-corrected chi connectivity index (χ2v) is 7.21. The van der Waals surface area contributed by atoms with E-state index in [0.29, 0.717) is 23.8 Å². The SMILES string of the molecule is C=CCN(CC(=O)NCC(=O)Nc1cccc(Cl)c1C)Cc1cccs1. The van der Waals surface area contributed by atoms with E-state index < -0.39 is 0 Å². The molecule has 0 atom stereocenters. The van der Waals surface area contributed by atoms with Gasteiger partial charge in [0.25, 0.3) is 0 Å². The van der Waals surface area contributed by atoms with Gasteiger partial charge in [0.1, 0.15) is 0 Å². The third-order valence-electron chi connectivity index (χ3n) is 3.70. The van der Waals surface area contributed by atoms with Crippen LogP contribution in [-0.4, -0.2) is 36.3 Å². The Morgan fingerprint density at radius 2 is 2.08 bits per heavy atom. The van der Waals surface area contributed by atoms with E-state index in [-0.39, 0.29) is 24.9 Å². The molecule has 1 heterocycles. The predicted octanol–water partition coefficient (Wildman–Crippen LogP) is 3.45. The molecule has 0 aliphatic heterocycles. The summed E-state index contributed by atoms with van der Waals surface area (Å²) < 4.78 is 0. The average Bonchev–Trinajstić information content (AvgIpc) is 3.10. The number of carbonyl (C=O) groups excluding carboxylic acids is 2. The maximum atomic E-state index is 12.1. The zero-order valence-electron chi connectivity index (χ0n) is 14.6. The highest BCUT2D eigenvalue weighted by Crippen LogP contribution is 2.22. The van der Waals surface area contributed by atoms with Crippen molar-refractivity contribution >= 4 is 40.4 Å². The maximum absolute atomic E-state index is 12.1. The summed E-state index contributed by atoms with van der Waals surface area (Å²) >= 11 is 7.68. The highest BCUT2D eigenvalue weighted by atomic mass is 35.5. The molecule has 0 aliphatic carbocycles. The van der Waals surface area contributed by atoms with Gasteiger partial charge >= 0.3 is 0 Å². The summed E-state index contributed by atoms with van der Waals surface area (Å²) in [5.74, 6) is -0.501. The van der Waals surface area contributed by atoms with Crippen LogP contribution in [0.5, 0.6) is 0 Å². The van der Waals surface area contributed by atoms with Gasteiger partial charge in [-0.05, 0) is 36.1 Å². The molecule has 1 aromatic heterocycles. The first-order valence-corrected chi connectivity index (χ1v) is 9.42. The summed E-state index contributed by atoms with van der Waals surface area (Å²) in [5, 5.41) is 7.99. The first-order chi connectivity index (χ1) is 12.5. The van der Waals surface area contributed by atoms with Crippen LogP contribution < -0.4 is 10.6 Å². The molecule has 2 aromatic rings. The summed E-state index contributed by atoms with van der Waals surface area (Å²) in [4.78, 5) is 27.3. The number of thiophene rings is 1. The number of benzene rings is 1. The van der Waals surface area contributed by atoms with Gasteiger partial charge in [-0.3, -0.25) is 14.5 Å². The van der Waals surface area contributed by atoms with Gasteiger partial charge in [0.2, 0.25) is 11.8 Å². The summed E-state index contributed by atoms with van der Waals surface area (Å²) in [6, 6.07) is 9.30. The number of halogens is 1. The molecule has 0 aliphatic rings. The van der Waals surface area contributed by atoms with Crippen molar-refractivity contribution in [3.05, 3.63) is 63.8 Å². The Kier molecular flexibility index (Phi) is 7.84. The van der Waals surface area contributed by atoms with Gasteiger partial charge in [-0.25, -0.2) is 0 Å². The fourth-order valence-corrected chi connectivity index (χ4v) is 3.29. The minimum atomic E-state index is -0.294. The fraction of sp³-hybridized carbons (Fsp3) is 0.263. The van der Waals surface area contributed by atoms with Crippen LogP contribution >= 0.6 is 22.9 Å². The lowest BCUT2D eigenvalue weighted by Gasteiger charge is -2.19. The topological polar surface area (TPSA) is 61.4 Å². The molecule has 0 unspecified atom stereocenters. The number of rotatable bonds is 9. The molecular weight excluding hydrogens is 370 g/mol. The highest BCUT2D eigenvalue weighted by Gasteiger charge is 2.12. The number of amides is 2. The molecule has 0 fully saturated rings. The Balaban J connectivity index is 1.81. The molecule has 0 saturated heterocycles. The van der Waals surface area contributed by atoms with Gasteiger partial charge in [-0.1, -0.05) is 29.8 Å². The van der Waals surface area contributed by atoms with Crippen LogP contribution in [0.4, 0.5) is 5.69 Å². The summed E-state index contributed by atoms with van der Waals surface area (Å²) in [6.45, 7) is 6.93. The minimum Gasteiger partial charge on any atom is -0.346 e. The molecule has 5 nitrogen and oxygen atoms in total. The third-order valence-corrected chi connectivity index (χ3v) is 4.97. The Hall–Kier alpha value is -2.15. The van der Waals surface area contributed by atoms with Crippen molar-refractivity contribution in [3.63, 3.8) is 0 Å². The molecule has 138 valence electrons. The van der Waals surface area contributed by atoms with Crippen molar-refractivity contribution in [2.24, 2.45) is 0 Å². The van der Waals surface area contributed by atoms with Crippen molar-refractivity contribution in [2.75, 3.05) is 25.0 Å². The lowest BCUT2D eigenvalue weighted by molar-refractivity contribution is -0.125. The van der Waals surface area contributed by atoms with Crippen LogP contribution in [0.15, 0.2) is 48.4 Å². The van der Waals surface area contributed by atoms with E-state index in [9.17, 15) is 9.59 Å². The molecule has 0 saturated carbocycles. The molecule has 2 rings (SSSR count). The van der Waals surface area contributed by atoms with Gasteiger partial charge in [-0.15, -0.1) is 17.9 Å². The molecule has 0 bridgehead atoms. The van der Waals surface area contributed by atoms with Crippen molar-refractivity contribution in [3.8, 4) is 0 Å². The fourth-order valence-electron chi connectivity index (χ4n) is 2.37. The molecule has 1 aromatic carbocycles. The van der Waals surface area contributed by atoms with Crippen LogP contribution in [0, 0.1) is 6.92 Å². The van der Waals surface area contributed by atoms with Crippen LogP contribution in [0.3, 0.4) is 0 Å². The predicted molar refractivity (Wildman–Crippen MR) is 108 cm³/mol. The van der Waals surface area contributed by atoms with E-state index in [1.54, 1.807) is 35.6 Å². The Labute approximate surface area is 162 Å². The largest absolute Gasteiger partial charge is 0.346 e. The normalized spacial score (nSPS) is 10.6. The molecule has 26 heavy (non-hydrogen) atoms. The number of anilines is 1. The monoisotopic (exact) mass is 391 g/mol. The van der Waals surface area contributed by atoms with Crippen molar-refractivity contribution in [2.45, 2.75) is 13.5 Å². The second-order valence-electron chi connectivity index (χ2n) is 5.77. The molecule has 0 spiro atoms. The van der Waals surface area contributed by atoms with Gasteiger partial charge in [-0.2, -0.15) is 0 Å². The Morgan fingerprint density at radius 3 is 2.77 bits per heavy atom. The highest BCUT2D eigenvalue weighted by molar-refractivity contribution is 7.09. The smallest absolute Gasteiger partial charge is 0.243 e. The number of nitrogens with zero attached hydrogens (tertiary/aromatic N) is 1. The maximum Gasteiger partial charge on any atom is 0.243 e. The van der Waals surface area contributed by atoms with Crippen molar-refractivity contribution < 1.29 is 9.59 Å². The zero-order valence-corrected chi connectivity index (χ0v) is 16.2. The van der Waals surface area contributed by atoms with Crippen molar-refractivity contribution in [1.29, 1.82) is 0 Å². The van der Waals surface area contributed by atoms with E-state index in [0.717, 1.165) is 5.56 Å². The number of hydrogen-bond acceptors (Lipinski definition) is 4. The Morgan fingerprint density at radius 1 is 1.27 bits per heavy atom. The molecule has 0 radical (unpaired) electrons. The second kappa shape index (κ2) is 10.1. The number of nitrogens with one attached hydrogen (secondary N) is 2. The summed E-state index contributed by atoms with van der Waals surface area (Å²) in [5.41, 5.74) is 1.43. The van der Waals surface area contributed by atoms with Crippen LogP contribution in [0.25, 0.3) is 0 Å². The first-order valence-electron chi connectivity index (χ1n) is 8.17. The van der Waals surface area contributed by atoms with E-state index in [4.69, 9.17) is 11.6 Å². The van der Waals surface area contributed by atoms with Crippen LogP contribution in [-0.2, 0) is 16.1 Å². The molecule has 2 amide bonds. The third kappa shape index (κ3) is 6.29. The van der Waals surface area contributed by atoms with Crippen LogP contribution in [0.2, 0.25) is 5.02 Å². The number of hydrogen-bond donors (Lipinski definition) is 2. The average molecular weight is 392 g/mol. The van der Waals surface area contributed by atoms with Gasteiger partial charge in [0, 0.05) is 28.7 Å². The minimum absolute atomic E-state index is 0.0915. The molecular formula is C19H22ClN3O2S. The molecule has 2 N–H and O–H groups in total. The standard InChI is InChI=1S/C19H22ClN3O2S/c1-3-9-23(12-15-6-5-10-26-15)13-19(25)21-11-18(24)22-17-8-4-7-16(20)14(17)2/h3-8,10H,1,9,11-13H2,2H3,(H,21,25)(H,22,24). The van der Waals surface area contributed by atoms with E-state index in [2.05, 4.69) is 17.2 Å². The number of carbonyl (C=O) groups is 2. The summed E-state index contributed by atoms with van der Waals surface area (Å²) in [7, 11) is 0. The van der Waals surface area contributed by atoms with Gasteiger partial charge in [0.05, 0.1) is 13.1 Å². The van der Waals surface area contributed by atoms with E-state index >= 15 is 0 Å². The lowest BCUT2D eigenvalue weighted by Crippen LogP contribution is -2.40. The first kappa shape index (κ1) is 20.2. The van der Waals surface area contributed by atoms with Crippen molar-refractivity contribution in [1.82, 2.24) is 10.2 Å². The molecule has 7 heteroatoms. The van der Waals surface area contributed by atoms with Gasteiger partial charge in [0.15, 0.2) is 0 Å². The van der Waals surface area contributed by atoms with E-state index in [1.807, 2.05) is 29.3 Å². The lowest BCUT2D eigenvalue weighted by atomic mass is 10.2. The zero-order chi connectivity index (χ0) is 18.9. The Bertz CT molecular complexity index is 762. The quantitative estimate of drug-likeness (QED) is 0.643. The van der Waals surface area contributed by atoms with Crippen LogP contribution in [0.1, 0.15) is 10.4 Å². The van der Waals surface area contributed by atoms with Gasteiger partial charge < -0.3 is 10.6 Å². The van der Waals surface area contributed by atoms with E-state index in [1.165, 1.54) is 4.88 Å². The summed E-state index contributed by atoms with van der Waals surface area (Å²) in [6.07, 6.45) is 1.76.